The van der Waals surface area contributed by atoms with Gasteiger partial charge in [-0.3, -0.25) is 0 Å². The van der Waals surface area contributed by atoms with Crippen LogP contribution in [0.3, 0.4) is 0 Å². The summed E-state index contributed by atoms with van der Waals surface area (Å²) in [7, 11) is 1.31. The molecule has 0 saturated carbocycles. The molecule has 1 aromatic carbocycles. The Kier molecular flexibility index (Phi) is 4.03. The minimum Gasteiger partial charge on any atom is -0.463 e. The minimum atomic E-state index is -0.504. The van der Waals surface area contributed by atoms with E-state index in [-0.39, 0.29) is 11.8 Å². The molecule has 1 atom stereocenters. The molecule has 5 heteroatoms. The van der Waals surface area contributed by atoms with Crippen LogP contribution in [-0.4, -0.2) is 13.1 Å². The van der Waals surface area contributed by atoms with Gasteiger partial charge in [-0.25, -0.2) is 4.79 Å². The van der Waals surface area contributed by atoms with Gasteiger partial charge in [0.2, 0.25) is 5.76 Å². The van der Waals surface area contributed by atoms with Gasteiger partial charge in [0.1, 0.15) is 5.76 Å². The molecule has 0 aliphatic heterocycles. The minimum absolute atomic E-state index is 0.161. The second-order valence-corrected chi connectivity index (χ2v) is 4.97. The highest BCUT2D eigenvalue weighted by molar-refractivity contribution is 14.1. The Bertz CT molecular complexity index is 548. The van der Waals surface area contributed by atoms with Gasteiger partial charge in [0, 0.05) is 3.57 Å². The molecule has 2 N–H and O–H groups in total. The molecule has 0 bridgehead atoms. The number of halogens is 1. The molecule has 0 fully saturated rings. The van der Waals surface area contributed by atoms with Crippen LogP contribution in [0.25, 0.3) is 0 Å². The van der Waals surface area contributed by atoms with Gasteiger partial charge in [-0.1, -0.05) is 12.1 Å². The van der Waals surface area contributed by atoms with Crippen LogP contribution in [0.2, 0.25) is 0 Å². The molecule has 0 spiro atoms. The predicted molar refractivity (Wildman–Crippen MR) is 75.2 cm³/mol. The fourth-order valence-corrected chi connectivity index (χ4v) is 1.92. The third kappa shape index (κ3) is 2.73. The number of hydrogen-bond donors (Lipinski definition) is 1. The Morgan fingerprint density at radius 3 is 2.56 bits per heavy atom. The van der Waals surface area contributed by atoms with Crippen LogP contribution in [-0.2, 0) is 4.74 Å². The van der Waals surface area contributed by atoms with Crippen molar-refractivity contribution in [2.24, 2.45) is 5.73 Å². The van der Waals surface area contributed by atoms with Gasteiger partial charge in [-0.15, -0.1) is 0 Å². The number of methoxy groups -OCH3 is 1. The van der Waals surface area contributed by atoms with Gasteiger partial charge < -0.3 is 14.9 Å². The molecular weight excluding hydrogens is 345 g/mol. The van der Waals surface area contributed by atoms with Gasteiger partial charge in [-0.2, -0.15) is 0 Å². The maximum absolute atomic E-state index is 11.3. The lowest BCUT2D eigenvalue weighted by Gasteiger charge is -2.09. The smallest absolute Gasteiger partial charge is 0.373 e. The number of esters is 1. The summed E-state index contributed by atoms with van der Waals surface area (Å²) >= 11 is 2.23. The molecule has 0 aliphatic rings. The molecule has 18 heavy (non-hydrogen) atoms. The largest absolute Gasteiger partial charge is 0.463 e. The maximum atomic E-state index is 11.3. The molecule has 2 aromatic rings. The highest BCUT2D eigenvalue weighted by atomic mass is 127. The van der Waals surface area contributed by atoms with Crippen LogP contribution in [0, 0.1) is 3.57 Å². The normalized spacial score (nSPS) is 12.2. The standard InChI is InChI=1S/C13H12INO3/c1-17-13(16)11-7-6-10(18-11)12(15)8-2-4-9(14)5-3-8/h2-7,12H,15H2,1H3. The Labute approximate surface area is 118 Å². The molecule has 94 valence electrons. The predicted octanol–water partition coefficient (Wildman–Crippen LogP) is 2.72. The summed E-state index contributed by atoms with van der Waals surface area (Å²) in [5, 5.41) is 0. The van der Waals surface area contributed by atoms with E-state index < -0.39 is 5.97 Å². The monoisotopic (exact) mass is 357 g/mol. The van der Waals surface area contributed by atoms with Gasteiger partial charge in [0.15, 0.2) is 0 Å². The van der Waals surface area contributed by atoms with E-state index in [0.29, 0.717) is 5.76 Å². The molecule has 0 aliphatic carbocycles. The summed E-state index contributed by atoms with van der Waals surface area (Å²) < 4.78 is 11.1. The number of ether oxygens (including phenoxy) is 1. The Morgan fingerprint density at radius 1 is 1.28 bits per heavy atom. The molecule has 0 saturated heterocycles. The molecule has 4 nitrogen and oxygen atoms in total. The number of furan rings is 1. The van der Waals surface area contributed by atoms with Crippen LogP contribution in [0.4, 0.5) is 0 Å². The third-order valence-electron chi connectivity index (χ3n) is 2.55. The zero-order chi connectivity index (χ0) is 13.1. The molecule has 1 unspecified atom stereocenters. The zero-order valence-corrected chi connectivity index (χ0v) is 11.9. The van der Waals surface area contributed by atoms with Crippen molar-refractivity contribution < 1.29 is 13.9 Å². The Balaban J connectivity index is 2.23. The lowest BCUT2D eigenvalue weighted by atomic mass is 10.1. The lowest BCUT2D eigenvalue weighted by molar-refractivity contribution is 0.0562. The van der Waals surface area contributed by atoms with Crippen molar-refractivity contribution in [2.75, 3.05) is 7.11 Å². The van der Waals surface area contributed by atoms with E-state index in [1.54, 1.807) is 12.1 Å². The quantitative estimate of drug-likeness (QED) is 0.678. The van der Waals surface area contributed by atoms with Crippen LogP contribution in [0.15, 0.2) is 40.8 Å². The first-order chi connectivity index (χ1) is 8.61. The number of carbonyl (C=O) groups is 1. The average molecular weight is 357 g/mol. The van der Waals surface area contributed by atoms with E-state index >= 15 is 0 Å². The second kappa shape index (κ2) is 5.53. The number of hydrogen-bond acceptors (Lipinski definition) is 4. The van der Waals surface area contributed by atoms with Crippen molar-refractivity contribution in [1.29, 1.82) is 0 Å². The van der Waals surface area contributed by atoms with Gasteiger partial charge in [-0.05, 0) is 52.4 Å². The topological polar surface area (TPSA) is 65.5 Å². The Hall–Kier alpha value is -1.34. The number of carbonyl (C=O) groups excluding carboxylic acids is 1. The van der Waals surface area contributed by atoms with Crippen LogP contribution >= 0.6 is 22.6 Å². The average Bonchev–Trinajstić information content (AvgIpc) is 2.87. The Morgan fingerprint density at radius 2 is 1.94 bits per heavy atom. The third-order valence-corrected chi connectivity index (χ3v) is 3.27. The fourth-order valence-electron chi connectivity index (χ4n) is 1.56. The van der Waals surface area contributed by atoms with Gasteiger partial charge in [0.05, 0.1) is 13.2 Å². The number of rotatable bonds is 3. The van der Waals surface area contributed by atoms with Crippen LogP contribution in [0.5, 0.6) is 0 Å². The first kappa shape index (κ1) is 13.1. The molecule has 0 radical (unpaired) electrons. The van der Waals surface area contributed by atoms with Crippen molar-refractivity contribution >= 4 is 28.6 Å². The first-order valence-corrected chi connectivity index (χ1v) is 6.39. The van der Waals surface area contributed by atoms with E-state index in [2.05, 4.69) is 27.3 Å². The van der Waals surface area contributed by atoms with E-state index in [9.17, 15) is 4.79 Å². The van der Waals surface area contributed by atoms with Crippen molar-refractivity contribution in [3.8, 4) is 0 Å². The van der Waals surface area contributed by atoms with E-state index in [0.717, 1.165) is 9.13 Å². The number of nitrogens with two attached hydrogens (primary N) is 1. The second-order valence-electron chi connectivity index (χ2n) is 3.72. The molecule has 2 rings (SSSR count). The molecule has 1 aromatic heterocycles. The highest BCUT2D eigenvalue weighted by Crippen LogP contribution is 2.22. The van der Waals surface area contributed by atoms with Crippen molar-refractivity contribution in [3.63, 3.8) is 0 Å². The van der Waals surface area contributed by atoms with E-state index in [1.807, 2.05) is 24.3 Å². The van der Waals surface area contributed by atoms with Gasteiger partial charge in [0.25, 0.3) is 0 Å². The van der Waals surface area contributed by atoms with Crippen molar-refractivity contribution in [3.05, 3.63) is 57.1 Å². The summed E-state index contributed by atoms with van der Waals surface area (Å²) in [6.07, 6.45) is 0. The molecule has 1 heterocycles. The van der Waals surface area contributed by atoms with Crippen LogP contribution < -0.4 is 5.73 Å². The van der Waals surface area contributed by atoms with Crippen molar-refractivity contribution in [2.45, 2.75) is 6.04 Å². The summed E-state index contributed by atoms with van der Waals surface area (Å²) in [5.74, 6) is 0.195. The van der Waals surface area contributed by atoms with Crippen LogP contribution in [0.1, 0.15) is 27.9 Å². The lowest BCUT2D eigenvalue weighted by Crippen LogP contribution is -2.10. The summed E-state index contributed by atoms with van der Waals surface area (Å²) in [6, 6.07) is 10.7. The van der Waals surface area contributed by atoms with Gasteiger partial charge >= 0.3 is 5.97 Å². The highest BCUT2D eigenvalue weighted by Gasteiger charge is 2.16. The summed E-state index contributed by atoms with van der Waals surface area (Å²) in [4.78, 5) is 11.3. The summed E-state index contributed by atoms with van der Waals surface area (Å²) in [6.45, 7) is 0. The van der Waals surface area contributed by atoms with E-state index in [4.69, 9.17) is 10.2 Å². The fraction of sp³-hybridized carbons (Fsp3) is 0.154. The molecule has 0 amide bonds. The SMILES string of the molecule is COC(=O)c1ccc(C(N)c2ccc(I)cc2)o1. The number of benzene rings is 1. The van der Waals surface area contributed by atoms with Crippen molar-refractivity contribution in [1.82, 2.24) is 0 Å². The molecular formula is C13H12INO3. The maximum Gasteiger partial charge on any atom is 0.373 e. The zero-order valence-electron chi connectivity index (χ0n) is 9.72. The van der Waals surface area contributed by atoms with E-state index in [1.165, 1.54) is 7.11 Å². The first-order valence-electron chi connectivity index (χ1n) is 5.31. The summed E-state index contributed by atoms with van der Waals surface area (Å²) in [5.41, 5.74) is 7.00.